The number of hydrogen-bond donors (Lipinski definition) is 2. The van der Waals surface area contributed by atoms with Gasteiger partial charge in [0, 0.05) is 39.0 Å². The molecule has 0 spiro atoms. The number of nitrogens with one attached hydrogen (secondary N) is 1. The molecule has 1 fully saturated rings. The van der Waals surface area contributed by atoms with Crippen LogP contribution in [-0.2, 0) is 16.0 Å². The Morgan fingerprint density at radius 3 is 2.86 bits per heavy atom. The third-order valence-corrected chi connectivity index (χ3v) is 3.50. The van der Waals surface area contributed by atoms with Gasteiger partial charge in [-0.15, -0.1) is 0 Å². The highest BCUT2D eigenvalue weighted by Crippen LogP contribution is 2.08. The highest BCUT2D eigenvalue weighted by Gasteiger charge is 2.15. The number of rotatable bonds is 7. The fourth-order valence-corrected chi connectivity index (χ4v) is 2.32. The van der Waals surface area contributed by atoms with Crippen LogP contribution in [0.1, 0.15) is 17.9 Å². The molecule has 1 atom stereocenters. The van der Waals surface area contributed by atoms with Gasteiger partial charge in [0.2, 0.25) is 5.91 Å². The van der Waals surface area contributed by atoms with E-state index in [-0.39, 0.29) is 12.5 Å². The van der Waals surface area contributed by atoms with Crippen molar-refractivity contribution in [2.24, 2.45) is 0 Å². The predicted molar refractivity (Wildman–Crippen MR) is 78.0 cm³/mol. The van der Waals surface area contributed by atoms with E-state index in [1.807, 2.05) is 19.1 Å². The van der Waals surface area contributed by atoms with Crippen LogP contribution in [0.5, 0.6) is 0 Å². The van der Waals surface area contributed by atoms with E-state index < -0.39 is 6.10 Å². The van der Waals surface area contributed by atoms with Gasteiger partial charge in [0.1, 0.15) is 11.5 Å². The van der Waals surface area contributed by atoms with Crippen LogP contribution >= 0.6 is 0 Å². The molecule has 2 rings (SSSR count). The number of ether oxygens (including phenoxy) is 1. The fraction of sp³-hybridized carbons (Fsp3) is 0.667. The lowest BCUT2D eigenvalue weighted by Gasteiger charge is -2.28. The van der Waals surface area contributed by atoms with Gasteiger partial charge in [-0.2, -0.15) is 0 Å². The third-order valence-electron chi connectivity index (χ3n) is 3.50. The molecular formula is C15H24N2O4. The Labute approximate surface area is 125 Å². The monoisotopic (exact) mass is 296 g/mol. The summed E-state index contributed by atoms with van der Waals surface area (Å²) in [6.45, 7) is 5.83. The Balaban J connectivity index is 1.59. The van der Waals surface area contributed by atoms with Crippen molar-refractivity contribution in [2.75, 3.05) is 39.4 Å². The number of morpholine rings is 1. The SMILES string of the molecule is Cc1ccc(CCC(=O)NCC(O)CN2CCOCC2)o1. The zero-order valence-corrected chi connectivity index (χ0v) is 12.5. The van der Waals surface area contributed by atoms with E-state index in [0.717, 1.165) is 24.6 Å². The second-order valence-corrected chi connectivity index (χ2v) is 5.38. The highest BCUT2D eigenvalue weighted by molar-refractivity contribution is 5.76. The molecule has 1 saturated heterocycles. The van der Waals surface area contributed by atoms with Crippen LogP contribution in [0.25, 0.3) is 0 Å². The Hall–Kier alpha value is -1.37. The standard InChI is InChI=1S/C15H24N2O4/c1-12-2-3-14(21-12)4-5-15(19)16-10-13(18)11-17-6-8-20-9-7-17/h2-3,13,18H,4-11H2,1H3,(H,16,19). The normalized spacial score (nSPS) is 17.6. The lowest BCUT2D eigenvalue weighted by molar-refractivity contribution is -0.121. The van der Waals surface area contributed by atoms with Crippen LogP contribution in [-0.4, -0.2) is 61.4 Å². The third kappa shape index (κ3) is 5.87. The van der Waals surface area contributed by atoms with E-state index in [1.165, 1.54) is 0 Å². The van der Waals surface area contributed by atoms with Crippen LogP contribution in [0.2, 0.25) is 0 Å². The van der Waals surface area contributed by atoms with Crippen molar-refractivity contribution in [2.45, 2.75) is 25.9 Å². The van der Waals surface area contributed by atoms with Crippen LogP contribution in [0.4, 0.5) is 0 Å². The maximum Gasteiger partial charge on any atom is 0.220 e. The minimum Gasteiger partial charge on any atom is -0.466 e. The number of carbonyl (C=O) groups is 1. The number of carbonyl (C=O) groups excluding carboxylic acids is 1. The molecule has 2 heterocycles. The van der Waals surface area contributed by atoms with Crippen LogP contribution in [0.15, 0.2) is 16.5 Å². The summed E-state index contributed by atoms with van der Waals surface area (Å²) in [6, 6.07) is 3.77. The van der Waals surface area contributed by atoms with Gasteiger partial charge in [-0.3, -0.25) is 9.69 Å². The van der Waals surface area contributed by atoms with Gasteiger partial charge >= 0.3 is 0 Å². The lowest BCUT2D eigenvalue weighted by Crippen LogP contribution is -2.44. The highest BCUT2D eigenvalue weighted by atomic mass is 16.5. The van der Waals surface area contributed by atoms with Gasteiger partial charge in [0.15, 0.2) is 0 Å². The lowest BCUT2D eigenvalue weighted by atomic mass is 10.2. The Bertz CT molecular complexity index is 441. The fourth-order valence-electron chi connectivity index (χ4n) is 2.32. The smallest absolute Gasteiger partial charge is 0.220 e. The van der Waals surface area contributed by atoms with Crippen molar-refractivity contribution >= 4 is 5.91 Å². The molecule has 6 nitrogen and oxygen atoms in total. The van der Waals surface area contributed by atoms with Crippen molar-refractivity contribution < 1.29 is 19.1 Å². The quantitative estimate of drug-likeness (QED) is 0.758. The summed E-state index contributed by atoms with van der Waals surface area (Å²) >= 11 is 0. The van der Waals surface area contributed by atoms with Gasteiger partial charge in [0.25, 0.3) is 0 Å². The molecular weight excluding hydrogens is 272 g/mol. The maximum absolute atomic E-state index is 11.7. The van der Waals surface area contributed by atoms with Crippen molar-refractivity contribution in [3.63, 3.8) is 0 Å². The van der Waals surface area contributed by atoms with E-state index in [9.17, 15) is 9.90 Å². The number of β-amino-alcohol motifs (C(OH)–C–C–N with tert-alkyl or cyclic N) is 1. The van der Waals surface area contributed by atoms with E-state index in [4.69, 9.17) is 9.15 Å². The summed E-state index contributed by atoms with van der Waals surface area (Å²) in [7, 11) is 0. The number of hydrogen-bond acceptors (Lipinski definition) is 5. The maximum atomic E-state index is 11.7. The van der Waals surface area contributed by atoms with E-state index in [2.05, 4.69) is 10.2 Å². The molecule has 0 saturated carbocycles. The van der Waals surface area contributed by atoms with Gasteiger partial charge in [-0.25, -0.2) is 0 Å². The molecule has 1 aromatic heterocycles. The van der Waals surface area contributed by atoms with Crippen LogP contribution < -0.4 is 5.32 Å². The first-order valence-electron chi connectivity index (χ1n) is 7.43. The first kappa shape index (κ1) is 16.0. The molecule has 0 aliphatic carbocycles. The van der Waals surface area contributed by atoms with Crippen molar-refractivity contribution in [1.29, 1.82) is 0 Å². The summed E-state index contributed by atoms with van der Waals surface area (Å²) < 4.78 is 10.7. The van der Waals surface area contributed by atoms with Crippen molar-refractivity contribution in [3.05, 3.63) is 23.7 Å². The first-order chi connectivity index (χ1) is 10.1. The molecule has 1 aliphatic rings. The van der Waals surface area contributed by atoms with Gasteiger partial charge in [-0.05, 0) is 19.1 Å². The van der Waals surface area contributed by atoms with Crippen LogP contribution in [0.3, 0.4) is 0 Å². The topological polar surface area (TPSA) is 74.9 Å². The molecule has 0 radical (unpaired) electrons. The number of aliphatic hydroxyl groups is 1. The number of aliphatic hydroxyl groups excluding tert-OH is 1. The van der Waals surface area contributed by atoms with E-state index in [0.29, 0.717) is 32.6 Å². The number of aryl methyl sites for hydroxylation is 2. The zero-order valence-electron chi connectivity index (χ0n) is 12.5. The second kappa shape index (κ2) is 8.17. The van der Waals surface area contributed by atoms with Gasteiger partial charge < -0.3 is 19.6 Å². The number of amides is 1. The molecule has 0 aromatic carbocycles. The minimum absolute atomic E-state index is 0.0647. The van der Waals surface area contributed by atoms with Gasteiger partial charge in [-0.1, -0.05) is 0 Å². The molecule has 2 N–H and O–H groups in total. The largest absolute Gasteiger partial charge is 0.466 e. The average Bonchev–Trinajstić information content (AvgIpc) is 2.90. The molecule has 1 aromatic rings. The molecule has 118 valence electrons. The first-order valence-corrected chi connectivity index (χ1v) is 7.43. The minimum atomic E-state index is -0.544. The summed E-state index contributed by atoms with van der Waals surface area (Å²) in [5, 5.41) is 12.7. The Kier molecular flexibility index (Phi) is 6.22. The Morgan fingerprint density at radius 2 is 2.19 bits per heavy atom. The molecule has 1 aliphatic heterocycles. The van der Waals surface area contributed by atoms with Crippen molar-refractivity contribution in [3.8, 4) is 0 Å². The predicted octanol–water partition coefficient (Wildman–Crippen LogP) is 0.330. The second-order valence-electron chi connectivity index (χ2n) is 5.38. The zero-order chi connectivity index (χ0) is 15.1. The molecule has 1 unspecified atom stereocenters. The summed E-state index contributed by atoms with van der Waals surface area (Å²) in [6.07, 6.45) is 0.411. The summed E-state index contributed by atoms with van der Waals surface area (Å²) in [5.74, 6) is 1.60. The van der Waals surface area contributed by atoms with Gasteiger partial charge in [0.05, 0.1) is 19.3 Å². The van der Waals surface area contributed by atoms with Crippen LogP contribution in [0, 0.1) is 6.92 Å². The molecule has 1 amide bonds. The number of furan rings is 1. The van der Waals surface area contributed by atoms with E-state index in [1.54, 1.807) is 0 Å². The van der Waals surface area contributed by atoms with Crippen molar-refractivity contribution in [1.82, 2.24) is 10.2 Å². The summed E-state index contributed by atoms with van der Waals surface area (Å²) in [5.41, 5.74) is 0. The summed E-state index contributed by atoms with van der Waals surface area (Å²) in [4.78, 5) is 13.9. The number of nitrogens with zero attached hydrogens (tertiary/aromatic N) is 1. The molecule has 0 bridgehead atoms. The molecule has 21 heavy (non-hydrogen) atoms. The molecule has 6 heteroatoms. The average molecular weight is 296 g/mol. The van der Waals surface area contributed by atoms with E-state index >= 15 is 0 Å². The Morgan fingerprint density at radius 1 is 1.43 bits per heavy atom.